The maximum absolute atomic E-state index is 12.8. The highest BCUT2D eigenvalue weighted by molar-refractivity contribution is 6.30. The fourth-order valence-corrected chi connectivity index (χ4v) is 3.39. The molecular formula is C22H28ClN5O2. The number of piperazine rings is 1. The van der Waals surface area contributed by atoms with Gasteiger partial charge in [0.15, 0.2) is 0 Å². The molecule has 1 fully saturated rings. The Morgan fingerprint density at radius 3 is 2.27 bits per heavy atom. The lowest BCUT2D eigenvalue weighted by molar-refractivity contribution is -0.118. The van der Waals surface area contributed by atoms with Crippen LogP contribution in [0.3, 0.4) is 0 Å². The fourth-order valence-electron chi connectivity index (χ4n) is 3.26. The summed E-state index contributed by atoms with van der Waals surface area (Å²) >= 11 is 5.87. The fraction of sp³-hybridized carbons (Fsp3) is 0.409. The van der Waals surface area contributed by atoms with E-state index in [0.717, 1.165) is 32.0 Å². The van der Waals surface area contributed by atoms with E-state index < -0.39 is 6.04 Å². The SMILES string of the molecule is CC(C)[C@H](NC(=O)c1ccc(Cl)cc1)C(=O)Nc1ccc(N2CCN(C)CC2)nc1. The van der Waals surface area contributed by atoms with Crippen molar-refractivity contribution in [2.24, 2.45) is 5.92 Å². The summed E-state index contributed by atoms with van der Waals surface area (Å²) in [4.78, 5) is 34.3. The van der Waals surface area contributed by atoms with Crippen molar-refractivity contribution in [3.8, 4) is 0 Å². The average Bonchev–Trinajstić information content (AvgIpc) is 2.73. The highest BCUT2D eigenvalue weighted by atomic mass is 35.5. The minimum Gasteiger partial charge on any atom is -0.354 e. The van der Waals surface area contributed by atoms with Crippen molar-refractivity contribution in [3.05, 3.63) is 53.2 Å². The summed E-state index contributed by atoms with van der Waals surface area (Å²) < 4.78 is 0. The second-order valence-corrected chi connectivity index (χ2v) is 8.32. The van der Waals surface area contributed by atoms with Crippen LogP contribution in [-0.2, 0) is 4.79 Å². The second-order valence-electron chi connectivity index (χ2n) is 7.89. The van der Waals surface area contributed by atoms with Gasteiger partial charge < -0.3 is 20.4 Å². The number of anilines is 2. The molecule has 1 aromatic heterocycles. The number of rotatable bonds is 6. The number of pyridine rings is 1. The van der Waals surface area contributed by atoms with Gasteiger partial charge in [0.1, 0.15) is 11.9 Å². The van der Waals surface area contributed by atoms with E-state index in [2.05, 4.69) is 32.5 Å². The first kappa shape index (κ1) is 22.1. The molecule has 2 amide bonds. The molecule has 0 bridgehead atoms. The molecule has 1 aliphatic rings. The van der Waals surface area contributed by atoms with Gasteiger partial charge in [-0.3, -0.25) is 9.59 Å². The molecule has 0 radical (unpaired) electrons. The quantitative estimate of drug-likeness (QED) is 0.738. The Balaban J connectivity index is 1.61. The van der Waals surface area contributed by atoms with Crippen LogP contribution < -0.4 is 15.5 Å². The highest BCUT2D eigenvalue weighted by Crippen LogP contribution is 2.17. The standard InChI is InChI=1S/C22H28ClN5O2/c1-15(2)20(26-21(29)16-4-6-17(23)7-5-16)22(30)25-18-8-9-19(24-14-18)28-12-10-27(3)11-13-28/h4-9,14-15,20H,10-13H2,1-3H3,(H,25,30)(H,26,29)/t20-/m0/s1. The van der Waals surface area contributed by atoms with Gasteiger partial charge in [-0.2, -0.15) is 0 Å². The third-order valence-electron chi connectivity index (χ3n) is 5.18. The third-order valence-corrected chi connectivity index (χ3v) is 5.44. The van der Waals surface area contributed by atoms with Crippen LogP contribution in [0.15, 0.2) is 42.6 Å². The van der Waals surface area contributed by atoms with Crippen LogP contribution in [0.25, 0.3) is 0 Å². The minimum absolute atomic E-state index is 0.0844. The number of benzene rings is 1. The molecule has 3 rings (SSSR count). The van der Waals surface area contributed by atoms with Gasteiger partial charge in [0, 0.05) is 36.8 Å². The summed E-state index contributed by atoms with van der Waals surface area (Å²) in [5.74, 6) is 0.224. The van der Waals surface area contributed by atoms with Crippen LogP contribution in [0.4, 0.5) is 11.5 Å². The number of nitrogens with one attached hydrogen (secondary N) is 2. The Morgan fingerprint density at radius 1 is 1.03 bits per heavy atom. The molecule has 8 heteroatoms. The highest BCUT2D eigenvalue weighted by Gasteiger charge is 2.25. The largest absolute Gasteiger partial charge is 0.354 e. The molecule has 0 aliphatic carbocycles. The zero-order valence-corrected chi connectivity index (χ0v) is 18.3. The van der Waals surface area contributed by atoms with Crippen molar-refractivity contribution >= 4 is 34.9 Å². The van der Waals surface area contributed by atoms with Gasteiger partial charge in [0.25, 0.3) is 5.91 Å². The Labute approximate surface area is 182 Å². The Bertz CT molecular complexity index is 862. The van der Waals surface area contributed by atoms with Gasteiger partial charge in [-0.1, -0.05) is 25.4 Å². The number of hydrogen-bond acceptors (Lipinski definition) is 5. The molecule has 2 heterocycles. The van der Waals surface area contributed by atoms with Gasteiger partial charge in [-0.15, -0.1) is 0 Å². The van der Waals surface area contributed by atoms with Crippen LogP contribution in [-0.4, -0.2) is 61.0 Å². The van der Waals surface area contributed by atoms with Crippen LogP contribution in [0, 0.1) is 5.92 Å². The van der Waals surface area contributed by atoms with E-state index >= 15 is 0 Å². The number of aromatic nitrogens is 1. The smallest absolute Gasteiger partial charge is 0.251 e. The first-order chi connectivity index (χ1) is 14.3. The van der Waals surface area contributed by atoms with Crippen molar-refractivity contribution in [2.45, 2.75) is 19.9 Å². The predicted molar refractivity (Wildman–Crippen MR) is 120 cm³/mol. The lowest BCUT2D eigenvalue weighted by atomic mass is 10.0. The zero-order chi connectivity index (χ0) is 21.7. The van der Waals surface area contributed by atoms with Gasteiger partial charge >= 0.3 is 0 Å². The minimum atomic E-state index is -0.675. The predicted octanol–water partition coefficient (Wildman–Crippen LogP) is 2.88. The molecule has 0 unspecified atom stereocenters. The van der Waals surface area contributed by atoms with E-state index in [4.69, 9.17) is 11.6 Å². The van der Waals surface area contributed by atoms with E-state index in [1.54, 1.807) is 30.5 Å². The summed E-state index contributed by atoms with van der Waals surface area (Å²) in [6.45, 7) is 7.65. The van der Waals surface area contributed by atoms with Gasteiger partial charge in [0.2, 0.25) is 5.91 Å². The van der Waals surface area contributed by atoms with E-state index in [-0.39, 0.29) is 17.7 Å². The molecular weight excluding hydrogens is 402 g/mol. The van der Waals surface area contributed by atoms with Gasteiger partial charge in [0.05, 0.1) is 11.9 Å². The van der Waals surface area contributed by atoms with Crippen molar-refractivity contribution in [1.29, 1.82) is 0 Å². The molecule has 2 N–H and O–H groups in total. The van der Waals surface area contributed by atoms with Crippen LogP contribution in [0.2, 0.25) is 5.02 Å². The number of halogens is 1. The molecule has 7 nitrogen and oxygen atoms in total. The number of hydrogen-bond donors (Lipinski definition) is 2. The third kappa shape index (κ3) is 5.70. The van der Waals surface area contributed by atoms with Crippen molar-refractivity contribution in [1.82, 2.24) is 15.2 Å². The van der Waals surface area contributed by atoms with Crippen LogP contribution in [0.1, 0.15) is 24.2 Å². The topological polar surface area (TPSA) is 77.6 Å². The number of nitrogens with zero attached hydrogens (tertiary/aromatic N) is 3. The van der Waals surface area contributed by atoms with E-state index in [1.807, 2.05) is 26.0 Å². The van der Waals surface area contributed by atoms with Gasteiger partial charge in [-0.05, 0) is 49.4 Å². The van der Waals surface area contributed by atoms with Crippen LogP contribution >= 0.6 is 11.6 Å². The molecule has 1 atom stereocenters. The average molecular weight is 430 g/mol. The summed E-state index contributed by atoms with van der Waals surface area (Å²) in [7, 11) is 2.11. The molecule has 30 heavy (non-hydrogen) atoms. The molecule has 2 aromatic rings. The summed E-state index contributed by atoms with van der Waals surface area (Å²) in [6, 6.07) is 9.64. The Morgan fingerprint density at radius 2 is 1.70 bits per heavy atom. The monoisotopic (exact) mass is 429 g/mol. The summed E-state index contributed by atoms with van der Waals surface area (Å²) in [6.07, 6.45) is 1.66. The van der Waals surface area contributed by atoms with Gasteiger partial charge in [-0.25, -0.2) is 4.98 Å². The first-order valence-electron chi connectivity index (χ1n) is 10.1. The molecule has 1 aliphatic heterocycles. The number of amides is 2. The zero-order valence-electron chi connectivity index (χ0n) is 17.6. The second kappa shape index (κ2) is 9.91. The first-order valence-corrected chi connectivity index (χ1v) is 10.5. The molecule has 0 saturated carbocycles. The normalized spacial score (nSPS) is 15.7. The summed E-state index contributed by atoms with van der Waals surface area (Å²) in [5.41, 5.74) is 1.06. The molecule has 0 spiro atoms. The van der Waals surface area contributed by atoms with Crippen molar-refractivity contribution in [3.63, 3.8) is 0 Å². The van der Waals surface area contributed by atoms with Crippen molar-refractivity contribution in [2.75, 3.05) is 43.4 Å². The molecule has 1 aromatic carbocycles. The lowest BCUT2D eigenvalue weighted by Crippen LogP contribution is -2.47. The van der Waals surface area contributed by atoms with E-state index in [0.29, 0.717) is 16.3 Å². The molecule has 1 saturated heterocycles. The number of carbonyl (C=O) groups excluding carboxylic acids is 2. The van der Waals surface area contributed by atoms with Crippen LogP contribution in [0.5, 0.6) is 0 Å². The van der Waals surface area contributed by atoms with E-state index in [1.165, 1.54) is 0 Å². The number of likely N-dealkylation sites (N-methyl/N-ethyl adjacent to an activating group) is 1. The lowest BCUT2D eigenvalue weighted by Gasteiger charge is -2.33. The maximum Gasteiger partial charge on any atom is 0.251 e. The molecule has 160 valence electrons. The van der Waals surface area contributed by atoms with Crippen molar-refractivity contribution < 1.29 is 9.59 Å². The Kier molecular flexibility index (Phi) is 7.29. The number of carbonyl (C=O) groups is 2. The summed E-state index contributed by atoms with van der Waals surface area (Å²) in [5, 5.41) is 6.23. The van der Waals surface area contributed by atoms with E-state index in [9.17, 15) is 9.59 Å². The Hall–Kier alpha value is -2.64. The maximum atomic E-state index is 12.8.